The first kappa shape index (κ1) is 31.8. The van der Waals surface area contributed by atoms with Crippen molar-refractivity contribution >= 4 is 23.5 Å². The Labute approximate surface area is 246 Å². The molecule has 4 atom stereocenters. The number of amides is 3. The standard InChI is InChI=1S/C30H43FN4O7/c1-19(32-26(36)17-35-10-12-41-13-11-35)28(38)34-25(15-21-8-9-22(40-3)16-23(21)31)29(39)33-24(14-20-6-4-5-7-20)27(37)30(2)18-42-30/h8-9,16,19-20,24-25H,4-7,10-15,17-18H2,1-3H3,(H,32,36)(H,33,39)(H,34,38). The minimum absolute atomic E-state index is 0.119. The fourth-order valence-corrected chi connectivity index (χ4v) is 5.56. The summed E-state index contributed by atoms with van der Waals surface area (Å²) in [5.74, 6) is -1.71. The van der Waals surface area contributed by atoms with Gasteiger partial charge in [0.2, 0.25) is 17.7 Å². The Balaban J connectivity index is 1.46. The van der Waals surface area contributed by atoms with E-state index in [4.69, 9.17) is 14.2 Å². The van der Waals surface area contributed by atoms with Crippen molar-refractivity contribution in [3.63, 3.8) is 0 Å². The van der Waals surface area contributed by atoms with Crippen LogP contribution in [0.15, 0.2) is 18.2 Å². The number of nitrogens with zero attached hydrogens (tertiary/aromatic N) is 1. The Bertz CT molecular complexity index is 1130. The van der Waals surface area contributed by atoms with Gasteiger partial charge in [-0.1, -0.05) is 31.7 Å². The van der Waals surface area contributed by atoms with E-state index in [1.54, 1.807) is 13.0 Å². The Hall–Kier alpha value is -3.09. The van der Waals surface area contributed by atoms with Crippen LogP contribution in [0.3, 0.4) is 0 Å². The van der Waals surface area contributed by atoms with Gasteiger partial charge in [-0.25, -0.2) is 4.39 Å². The molecule has 2 saturated heterocycles. The zero-order chi connectivity index (χ0) is 30.3. The van der Waals surface area contributed by atoms with Gasteiger partial charge in [-0.3, -0.25) is 24.1 Å². The zero-order valence-corrected chi connectivity index (χ0v) is 24.7. The Morgan fingerprint density at radius 3 is 2.36 bits per heavy atom. The number of hydrogen-bond donors (Lipinski definition) is 3. The van der Waals surface area contributed by atoms with Gasteiger partial charge >= 0.3 is 0 Å². The molecule has 3 N–H and O–H groups in total. The quantitative estimate of drug-likeness (QED) is 0.274. The van der Waals surface area contributed by atoms with Crippen molar-refractivity contribution in [1.29, 1.82) is 0 Å². The third-order valence-corrected chi connectivity index (χ3v) is 8.33. The van der Waals surface area contributed by atoms with Gasteiger partial charge in [0.05, 0.1) is 39.5 Å². The van der Waals surface area contributed by atoms with Crippen LogP contribution >= 0.6 is 0 Å². The van der Waals surface area contributed by atoms with Crippen molar-refractivity contribution in [2.24, 2.45) is 5.92 Å². The van der Waals surface area contributed by atoms with Crippen molar-refractivity contribution in [2.45, 2.75) is 76.1 Å². The van der Waals surface area contributed by atoms with Crippen molar-refractivity contribution in [2.75, 3.05) is 46.6 Å². The highest BCUT2D eigenvalue weighted by Gasteiger charge is 2.50. The number of hydrogen-bond acceptors (Lipinski definition) is 8. The van der Waals surface area contributed by atoms with Crippen LogP contribution in [0.25, 0.3) is 0 Å². The van der Waals surface area contributed by atoms with Crippen LogP contribution in [0.5, 0.6) is 5.75 Å². The number of halogens is 1. The third-order valence-electron chi connectivity index (χ3n) is 8.33. The zero-order valence-electron chi connectivity index (χ0n) is 24.7. The molecular formula is C30H43FN4O7. The summed E-state index contributed by atoms with van der Waals surface area (Å²) in [5, 5.41) is 8.21. The van der Waals surface area contributed by atoms with E-state index in [1.165, 1.54) is 26.2 Å². The Kier molecular flexibility index (Phi) is 10.9. The summed E-state index contributed by atoms with van der Waals surface area (Å²) in [5.41, 5.74) is -0.743. The molecule has 12 heteroatoms. The number of carbonyl (C=O) groups excluding carboxylic acids is 4. The molecule has 1 aliphatic carbocycles. The molecule has 2 heterocycles. The highest BCUT2D eigenvalue weighted by Crippen LogP contribution is 2.33. The molecule has 3 amide bonds. The average molecular weight is 591 g/mol. The predicted octanol–water partition coefficient (Wildman–Crippen LogP) is 1.12. The number of morpholine rings is 1. The molecule has 0 aromatic heterocycles. The first-order valence-electron chi connectivity index (χ1n) is 14.8. The normalized spacial score (nSPS) is 23.0. The molecular weight excluding hydrogens is 547 g/mol. The van der Waals surface area contributed by atoms with Crippen LogP contribution in [0, 0.1) is 11.7 Å². The van der Waals surface area contributed by atoms with Gasteiger partial charge in [-0.2, -0.15) is 0 Å². The van der Waals surface area contributed by atoms with Gasteiger partial charge in [0.25, 0.3) is 0 Å². The van der Waals surface area contributed by atoms with E-state index in [0.717, 1.165) is 25.7 Å². The second-order valence-electron chi connectivity index (χ2n) is 11.7. The summed E-state index contributed by atoms with van der Waals surface area (Å²) in [6, 6.07) is 1.32. The minimum Gasteiger partial charge on any atom is -0.497 e. The Morgan fingerprint density at radius 2 is 1.74 bits per heavy atom. The van der Waals surface area contributed by atoms with Crippen LogP contribution in [0.4, 0.5) is 4.39 Å². The van der Waals surface area contributed by atoms with Gasteiger partial charge < -0.3 is 30.2 Å². The van der Waals surface area contributed by atoms with Gasteiger partial charge in [-0.15, -0.1) is 0 Å². The Morgan fingerprint density at radius 1 is 1.07 bits per heavy atom. The van der Waals surface area contributed by atoms with Crippen molar-refractivity contribution < 1.29 is 37.8 Å². The summed E-state index contributed by atoms with van der Waals surface area (Å²) >= 11 is 0. The molecule has 0 bridgehead atoms. The fourth-order valence-electron chi connectivity index (χ4n) is 5.56. The van der Waals surface area contributed by atoms with E-state index >= 15 is 0 Å². The number of ketones is 1. The summed E-state index contributed by atoms with van der Waals surface area (Å²) in [6.07, 6.45) is 4.44. The first-order chi connectivity index (χ1) is 20.1. The number of nitrogens with one attached hydrogen (secondary N) is 3. The molecule has 1 saturated carbocycles. The smallest absolute Gasteiger partial charge is 0.243 e. The van der Waals surface area contributed by atoms with Crippen LogP contribution in [0.2, 0.25) is 0 Å². The van der Waals surface area contributed by atoms with Crippen LogP contribution in [-0.2, 0) is 35.1 Å². The largest absolute Gasteiger partial charge is 0.497 e. The molecule has 0 spiro atoms. The maximum atomic E-state index is 14.9. The van der Waals surface area contributed by atoms with E-state index < -0.39 is 41.4 Å². The van der Waals surface area contributed by atoms with Gasteiger partial charge in [0.15, 0.2) is 5.78 Å². The fraction of sp³-hybridized carbons (Fsp3) is 0.667. The number of methoxy groups -OCH3 is 1. The van der Waals surface area contributed by atoms with Crippen LogP contribution in [-0.4, -0.2) is 98.7 Å². The molecule has 4 unspecified atom stereocenters. The molecule has 1 aromatic carbocycles. The highest BCUT2D eigenvalue weighted by atomic mass is 19.1. The summed E-state index contributed by atoms with van der Waals surface area (Å²) in [4.78, 5) is 54.7. The van der Waals surface area contributed by atoms with Gasteiger partial charge in [0.1, 0.15) is 29.3 Å². The SMILES string of the molecule is COc1ccc(CC(NC(=O)C(C)NC(=O)CN2CCOCC2)C(=O)NC(CC2CCCC2)C(=O)C2(C)CO2)c(F)c1. The topological polar surface area (TPSA) is 139 Å². The lowest BCUT2D eigenvalue weighted by Crippen LogP contribution is -2.57. The minimum atomic E-state index is -1.20. The van der Waals surface area contributed by atoms with E-state index in [-0.39, 0.29) is 30.2 Å². The van der Waals surface area contributed by atoms with Crippen LogP contribution in [0.1, 0.15) is 51.5 Å². The number of ether oxygens (including phenoxy) is 3. The molecule has 1 aromatic rings. The van der Waals surface area contributed by atoms with E-state index in [0.29, 0.717) is 51.0 Å². The van der Waals surface area contributed by atoms with E-state index in [2.05, 4.69) is 16.0 Å². The lowest BCUT2D eigenvalue weighted by molar-refractivity contribution is -0.134. The first-order valence-corrected chi connectivity index (χ1v) is 14.8. The summed E-state index contributed by atoms with van der Waals surface area (Å²) < 4.78 is 30.7. The molecule has 3 aliphatic rings. The molecule has 2 aliphatic heterocycles. The summed E-state index contributed by atoms with van der Waals surface area (Å²) in [7, 11) is 1.42. The third kappa shape index (κ3) is 8.71. The number of epoxide rings is 1. The number of rotatable bonds is 14. The van der Waals surface area contributed by atoms with Gasteiger partial charge in [-0.05, 0) is 37.8 Å². The van der Waals surface area contributed by atoms with Gasteiger partial charge in [0, 0.05) is 25.6 Å². The second-order valence-corrected chi connectivity index (χ2v) is 11.7. The molecule has 3 fully saturated rings. The number of carbonyl (C=O) groups is 4. The van der Waals surface area contributed by atoms with Crippen LogP contribution < -0.4 is 20.7 Å². The van der Waals surface area contributed by atoms with E-state index in [1.807, 2.05) is 4.90 Å². The van der Waals surface area contributed by atoms with Crippen molar-refractivity contribution in [3.05, 3.63) is 29.6 Å². The molecule has 42 heavy (non-hydrogen) atoms. The second kappa shape index (κ2) is 14.4. The van der Waals surface area contributed by atoms with Crippen molar-refractivity contribution in [1.82, 2.24) is 20.9 Å². The number of benzene rings is 1. The lowest BCUT2D eigenvalue weighted by atomic mass is 9.90. The summed E-state index contributed by atoms with van der Waals surface area (Å²) in [6.45, 7) is 5.96. The molecule has 0 radical (unpaired) electrons. The molecule has 11 nitrogen and oxygen atoms in total. The lowest BCUT2D eigenvalue weighted by Gasteiger charge is -2.27. The maximum Gasteiger partial charge on any atom is 0.243 e. The molecule has 232 valence electrons. The highest BCUT2D eigenvalue weighted by molar-refractivity contribution is 5.98. The molecule has 4 rings (SSSR count). The maximum absolute atomic E-state index is 14.9. The average Bonchev–Trinajstić information content (AvgIpc) is 3.51. The monoisotopic (exact) mass is 590 g/mol. The number of Topliss-reactive ketones (excluding diaryl/α,β-unsaturated/α-hetero) is 1. The predicted molar refractivity (Wildman–Crippen MR) is 151 cm³/mol. The van der Waals surface area contributed by atoms with Crippen molar-refractivity contribution in [3.8, 4) is 5.75 Å². The van der Waals surface area contributed by atoms with E-state index in [9.17, 15) is 23.6 Å².